The van der Waals surface area contributed by atoms with Crippen molar-refractivity contribution in [3.63, 3.8) is 0 Å². The molecule has 0 unspecified atom stereocenters. The lowest BCUT2D eigenvalue weighted by Crippen LogP contribution is -2.32. The first kappa shape index (κ1) is 19.3. The fourth-order valence-corrected chi connectivity index (χ4v) is 4.02. The van der Waals surface area contributed by atoms with E-state index >= 15 is 0 Å². The second-order valence-corrected chi connectivity index (χ2v) is 7.96. The first-order valence-corrected chi connectivity index (χ1v) is 10.5. The molecule has 148 valence electrons. The fourth-order valence-electron chi connectivity index (χ4n) is 4.02. The minimum absolute atomic E-state index is 0.0121. The lowest BCUT2D eigenvalue weighted by molar-refractivity contribution is -0.116. The minimum atomic E-state index is -0.333. The van der Waals surface area contributed by atoms with E-state index in [1.807, 2.05) is 72.8 Å². The molecule has 0 spiro atoms. The molecule has 1 saturated heterocycles. The Morgan fingerprint density at radius 2 is 1.34 bits per heavy atom. The van der Waals surface area contributed by atoms with Crippen LogP contribution in [0.2, 0.25) is 0 Å². The molecule has 1 N–H and O–H groups in total. The normalized spacial score (nSPS) is 14.8. The van der Waals surface area contributed by atoms with Crippen LogP contribution in [0.5, 0.6) is 0 Å². The zero-order valence-electron chi connectivity index (χ0n) is 16.9. The molecule has 1 heterocycles. The Hall–Kier alpha value is -3.07. The third kappa shape index (κ3) is 4.68. The SMILES string of the molecule is CC1CCN(c2ccc(NC(=O)C(c3ccccc3)c3ccccc3)cc2)CC1. The van der Waals surface area contributed by atoms with Crippen LogP contribution < -0.4 is 10.2 Å². The minimum Gasteiger partial charge on any atom is -0.372 e. The molecule has 1 aliphatic heterocycles. The van der Waals surface area contributed by atoms with Gasteiger partial charge in [-0.25, -0.2) is 0 Å². The molecule has 1 fully saturated rings. The lowest BCUT2D eigenvalue weighted by Gasteiger charge is -2.32. The first-order chi connectivity index (χ1) is 14.2. The van der Waals surface area contributed by atoms with Gasteiger partial charge in [-0.3, -0.25) is 4.79 Å². The van der Waals surface area contributed by atoms with Crippen molar-refractivity contribution in [3.05, 3.63) is 96.1 Å². The summed E-state index contributed by atoms with van der Waals surface area (Å²) in [5.74, 6) is 0.473. The van der Waals surface area contributed by atoms with E-state index in [0.29, 0.717) is 0 Å². The van der Waals surface area contributed by atoms with Crippen molar-refractivity contribution in [1.82, 2.24) is 0 Å². The van der Waals surface area contributed by atoms with Crippen molar-refractivity contribution >= 4 is 17.3 Å². The average Bonchev–Trinajstić information content (AvgIpc) is 2.77. The molecule has 0 radical (unpaired) electrons. The highest BCUT2D eigenvalue weighted by atomic mass is 16.1. The van der Waals surface area contributed by atoms with Crippen molar-refractivity contribution in [1.29, 1.82) is 0 Å². The number of rotatable bonds is 5. The Morgan fingerprint density at radius 1 is 0.828 bits per heavy atom. The van der Waals surface area contributed by atoms with Crippen molar-refractivity contribution in [2.45, 2.75) is 25.7 Å². The Labute approximate surface area is 173 Å². The van der Waals surface area contributed by atoms with E-state index in [-0.39, 0.29) is 11.8 Å². The number of hydrogen-bond donors (Lipinski definition) is 1. The highest BCUT2D eigenvalue weighted by Gasteiger charge is 2.23. The molecule has 0 bridgehead atoms. The smallest absolute Gasteiger partial charge is 0.236 e. The maximum absolute atomic E-state index is 13.2. The number of nitrogens with zero attached hydrogens (tertiary/aromatic N) is 1. The predicted octanol–water partition coefficient (Wildman–Crippen LogP) is 5.69. The topological polar surface area (TPSA) is 32.3 Å². The number of carbonyl (C=O) groups is 1. The molecule has 0 atom stereocenters. The van der Waals surface area contributed by atoms with Crippen LogP contribution in [-0.4, -0.2) is 19.0 Å². The Bertz CT molecular complexity index is 874. The summed E-state index contributed by atoms with van der Waals surface area (Å²) in [6.07, 6.45) is 2.49. The van der Waals surface area contributed by atoms with Crippen LogP contribution in [0.15, 0.2) is 84.9 Å². The van der Waals surface area contributed by atoms with Gasteiger partial charge in [0.2, 0.25) is 5.91 Å². The zero-order chi connectivity index (χ0) is 20.1. The van der Waals surface area contributed by atoms with Crippen LogP contribution in [0.3, 0.4) is 0 Å². The van der Waals surface area contributed by atoms with Crippen molar-refractivity contribution in [2.75, 3.05) is 23.3 Å². The summed E-state index contributed by atoms with van der Waals surface area (Å²) >= 11 is 0. The lowest BCUT2D eigenvalue weighted by atomic mass is 9.90. The number of benzene rings is 3. The molecular weight excluding hydrogens is 356 g/mol. The number of hydrogen-bond acceptors (Lipinski definition) is 2. The molecule has 0 aliphatic carbocycles. The molecule has 29 heavy (non-hydrogen) atoms. The van der Waals surface area contributed by atoms with Gasteiger partial charge in [-0.2, -0.15) is 0 Å². The summed E-state index contributed by atoms with van der Waals surface area (Å²) in [5, 5.41) is 3.12. The number of nitrogens with one attached hydrogen (secondary N) is 1. The maximum Gasteiger partial charge on any atom is 0.236 e. The Kier molecular flexibility index (Phi) is 5.95. The van der Waals surface area contributed by atoms with Gasteiger partial charge >= 0.3 is 0 Å². The van der Waals surface area contributed by atoms with Gasteiger partial charge in [0.1, 0.15) is 0 Å². The van der Waals surface area contributed by atoms with Gasteiger partial charge in [0, 0.05) is 24.5 Å². The largest absolute Gasteiger partial charge is 0.372 e. The van der Waals surface area contributed by atoms with E-state index in [0.717, 1.165) is 35.8 Å². The van der Waals surface area contributed by atoms with Gasteiger partial charge in [0.25, 0.3) is 0 Å². The van der Waals surface area contributed by atoms with Crippen molar-refractivity contribution in [3.8, 4) is 0 Å². The van der Waals surface area contributed by atoms with E-state index in [4.69, 9.17) is 0 Å². The van der Waals surface area contributed by atoms with Crippen LogP contribution in [0.4, 0.5) is 11.4 Å². The van der Waals surface area contributed by atoms with Crippen LogP contribution >= 0.6 is 0 Å². The Morgan fingerprint density at radius 3 is 1.86 bits per heavy atom. The summed E-state index contributed by atoms with van der Waals surface area (Å²) < 4.78 is 0. The fraction of sp³-hybridized carbons (Fsp3) is 0.269. The highest BCUT2D eigenvalue weighted by molar-refractivity contribution is 5.98. The quantitative estimate of drug-likeness (QED) is 0.612. The molecule has 3 aromatic rings. The molecule has 0 aromatic heterocycles. The average molecular weight is 385 g/mol. The molecule has 3 nitrogen and oxygen atoms in total. The summed E-state index contributed by atoms with van der Waals surface area (Å²) in [7, 11) is 0. The third-order valence-corrected chi connectivity index (χ3v) is 5.81. The van der Waals surface area contributed by atoms with Crippen LogP contribution in [-0.2, 0) is 4.79 Å². The van der Waals surface area contributed by atoms with E-state index in [1.54, 1.807) is 0 Å². The molecule has 1 amide bonds. The molecular formula is C26H28N2O. The third-order valence-electron chi connectivity index (χ3n) is 5.81. The first-order valence-electron chi connectivity index (χ1n) is 10.5. The summed E-state index contributed by atoms with van der Waals surface area (Å²) in [4.78, 5) is 15.6. The van der Waals surface area contributed by atoms with Gasteiger partial charge in [-0.15, -0.1) is 0 Å². The van der Waals surface area contributed by atoms with Crippen LogP contribution in [0, 0.1) is 5.92 Å². The van der Waals surface area contributed by atoms with E-state index in [2.05, 4.69) is 29.3 Å². The summed E-state index contributed by atoms with van der Waals surface area (Å²) in [6.45, 7) is 4.54. The standard InChI is InChI=1S/C26H28N2O/c1-20-16-18-28(19-17-20)24-14-12-23(13-15-24)27-26(29)25(21-8-4-2-5-9-21)22-10-6-3-7-11-22/h2-15,20,25H,16-19H2,1H3,(H,27,29). The summed E-state index contributed by atoms with van der Waals surface area (Å²) in [6, 6.07) is 28.2. The molecule has 0 saturated carbocycles. The van der Waals surface area contributed by atoms with Crippen molar-refractivity contribution < 1.29 is 4.79 Å². The van der Waals surface area contributed by atoms with Crippen LogP contribution in [0.1, 0.15) is 36.8 Å². The number of piperidine rings is 1. The number of carbonyl (C=O) groups excluding carboxylic acids is 1. The zero-order valence-corrected chi connectivity index (χ0v) is 16.9. The van der Waals surface area contributed by atoms with Gasteiger partial charge in [0.15, 0.2) is 0 Å². The van der Waals surface area contributed by atoms with E-state index < -0.39 is 0 Å². The molecule has 1 aliphatic rings. The maximum atomic E-state index is 13.2. The predicted molar refractivity (Wildman–Crippen MR) is 120 cm³/mol. The van der Waals surface area contributed by atoms with Crippen LogP contribution in [0.25, 0.3) is 0 Å². The van der Waals surface area contributed by atoms with Gasteiger partial charge in [0.05, 0.1) is 5.92 Å². The number of amides is 1. The monoisotopic (exact) mass is 384 g/mol. The molecule has 4 rings (SSSR count). The van der Waals surface area contributed by atoms with Gasteiger partial charge < -0.3 is 10.2 Å². The van der Waals surface area contributed by atoms with Crippen molar-refractivity contribution in [2.24, 2.45) is 5.92 Å². The number of anilines is 2. The summed E-state index contributed by atoms with van der Waals surface area (Å²) in [5.41, 5.74) is 4.06. The van der Waals surface area contributed by atoms with Gasteiger partial charge in [-0.1, -0.05) is 67.6 Å². The molecule has 3 heteroatoms. The van der Waals surface area contributed by atoms with Gasteiger partial charge in [-0.05, 0) is 54.2 Å². The van der Waals surface area contributed by atoms with E-state index in [9.17, 15) is 4.79 Å². The highest BCUT2D eigenvalue weighted by Crippen LogP contribution is 2.28. The van der Waals surface area contributed by atoms with E-state index in [1.165, 1.54) is 18.5 Å². The second kappa shape index (κ2) is 8.95. The molecule has 3 aromatic carbocycles. The second-order valence-electron chi connectivity index (χ2n) is 7.96. The Balaban J connectivity index is 1.50.